The molecule has 1 saturated heterocycles. The highest BCUT2D eigenvalue weighted by atomic mass is 35.5. The van der Waals surface area contributed by atoms with Crippen LogP contribution in [-0.4, -0.2) is 22.7 Å². The van der Waals surface area contributed by atoms with Crippen LogP contribution in [0, 0.1) is 12.3 Å². The van der Waals surface area contributed by atoms with Crippen LogP contribution < -0.4 is 4.74 Å². The first-order valence-electron chi connectivity index (χ1n) is 7.73. The third-order valence-electron chi connectivity index (χ3n) is 3.66. The summed E-state index contributed by atoms with van der Waals surface area (Å²) in [6.45, 7) is 0.348. The lowest BCUT2D eigenvalue weighted by Crippen LogP contribution is -2.27. The second kappa shape index (κ2) is 8.13. The van der Waals surface area contributed by atoms with E-state index in [0.717, 1.165) is 22.9 Å². The van der Waals surface area contributed by atoms with Gasteiger partial charge in [-0.2, -0.15) is 0 Å². The Morgan fingerprint density at radius 1 is 1.15 bits per heavy atom. The highest BCUT2D eigenvalue weighted by Gasteiger charge is 2.35. The average Bonchev–Trinajstić information content (AvgIpc) is 2.90. The Bertz CT molecular complexity index is 915. The predicted molar refractivity (Wildman–Crippen MR) is 104 cm³/mol. The van der Waals surface area contributed by atoms with Crippen molar-refractivity contribution < 1.29 is 14.3 Å². The van der Waals surface area contributed by atoms with Gasteiger partial charge in [0.05, 0.1) is 11.4 Å². The summed E-state index contributed by atoms with van der Waals surface area (Å²) in [5, 5.41) is 0.216. The SMILES string of the molecule is C#CCOc1ccc(/C=C2/SC(=O)N(Cc3ccccc3Cl)C2=O)cc1. The van der Waals surface area contributed by atoms with Crippen molar-refractivity contribution in [1.29, 1.82) is 0 Å². The molecule has 3 rings (SSSR count). The molecule has 0 radical (unpaired) electrons. The molecule has 26 heavy (non-hydrogen) atoms. The van der Waals surface area contributed by atoms with Crippen molar-refractivity contribution in [3.63, 3.8) is 0 Å². The van der Waals surface area contributed by atoms with Crippen molar-refractivity contribution in [2.45, 2.75) is 6.54 Å². The molecule has 0 saturated carbocycles. The summed E-state index contributed by atoms with van der Waals surface area (Å²) in [5.41, 5.74) is 1.52. The van der Waals surface area contributed by atoms with E-state index in [1.807, 2.05) is 6.07 Å². The standard InChI is InChI=1S/C20H14ClNO3S/c1-2-11-25-16-9-7-14(8-10-16)12-18-19(23)22(20(24)26-18)13-15-5-3-4-6-17(15)21/h1,3-10,12H,11,13H2/b18-12+. The van der Waals surface area contributed by atoms with Crippen LogP contribution in [0.4, 0.5) is 4.79 Å². The molecule has 6 heteroatoms. The Kier molecular flexibility index (Phi) is 5.67. The lowest BCUT2D eigenvalue weighted by molar-refractivity contribution is -0.123. The zero-order valence-electron chi connectivity index (χ0n) is 13.6. The van der Waals surface area contributed by atoms with Crippen molar-refractivity contribution in [1.82, 2.24) is 4.90 Å². The van der Waals surface area contributed by atoms with Crippen molar-refractivity contribution in [3.05, 3.63) is 69.6 Å². The van der Waals surface area contributed by atoms with Gasteiger partial charge in [-0.05, 0) is 47.2 Å². The summed E-state index contributed by atoms with van der Waals surface area (Å²) in [6, 6.07) is 14.3. The molecule has 0 N–H and O–H groups in total. The Balaban J connectivity index is 1.75. The molecule has 1 aliphatic rings. The fourth-order valence-corrected chi connectivity index (χ4v) is 3.40. The molecule has 0 atom stereocenters. The molecule has 0 spiro atoms. The van der Waals surface area contributed by atoms with Crippen LogP contribution in [0.5, 0.6) is 5.75 Å². The summed E-state index contributed by atoms with van der Waals surface area (Å²) >= 11 is 7.04. The molecule has 130 valence electrons. The molecular formula is C20H14ClNO3S. The van der Waals surface area contributed by atoms with E-state index in [1.54, 1.807) is 48.5 Å². The monoisotopic (exact) mass is 383 g/mol. The van der Waals surface area contributed by atoms with Crippen LogP contribution in [0.2, 0.25) is 5.02 Å². The third-order valence-corrected chi connectivity index (χ3v) is 4.94. The van der Waals surface area contributed by atoms with Gasteiger partial charge in [-0.3, -0.25) is 14.5 Å². The van der Waals surface area contributed by atoms with Crippen molar-refractivity contribution in [2.24, 2.45) is 0 Å². The summed E-state index contributed by atoms with van der Waals surface area (Å²) in [5.74, 6) is 2.71. The molecular weight excluding hydrogens is 370 g/mol. The van der Waals surface area contributed by atoms with Crippen LogP contribution in [-0.2, 0) is 11.3 Å². The van der Waals surface area contributed by atoms with E-state index in [-0.39, 0.29) is 24.3 Å². The normalized spacial score (nSPS) is 15.4. The first-order valence-corrected chi connectivity index (χ1v) is 8.93. The molecule has 1 aliphatic heterocycles. The molecule has 0 aromatic heterocycles. The highest BCUT2D eigenvalue weighted by molar-refractivity contribution is 8.18. The molecule has 0 bridgehead atoms. The first kappa shape index (κ1) is 18.1. The number of amides is 2. The van der Waals surface area contributed by atoms with Gasteiger partial charge < -0.3 is 4.74 Å². The lowest BCUT2D eigenvalue weighted by Gasteiger charge is -2.13. The summed E-state index contributed by atoms with van der Waals surface area (Å²) < 4.78 is 5.31. The number of hydrogen-bond acceptors (Lipinski definition) is 4. The zero-order chi connectivity index (χ0) is 18.5. The number of halogens is 1. The van der Waals surface area contributed by atoms with Gasteiger partial charge in [0.1, 0.15) is 12.4 Å². The number of imide groups is 1. The van der Waals surface area contributed by atoms with Crippen LogP contribution in [0.1, 0.15) is 11.1 Å². The predicted octanol–water partition coefficient (Wildman–Crippen LogP) is 4.59. The van der Waals surface area contributed by atoms with Crippen molar-refractivity contribution in [2.75, 3.05) is 6.61 Å². The summed E-state index contributed by atoms with van der Waals surface area (Å²) in [4.78, 5) is 26.4. The Morgan fingerprint density at radius 2 is 1.88 bits per heavy atom. The molecule has 0 aliphatic carbocycles. The number of terminal acetylenes is 1. The maximum atomic E-state index is 12.6. The minimum Gasteiger partial charge on any atom is -0.481 e. The topological polar surface area (TPSA) is 46.6 Å². The van der Waals surface area contributed by atoms with Crippen LogP contribution in [0.3, 0.4) is 0 Å². The van der Waals surface area contributed by atoms with E-state index in [4.69, 9.17) is 22.8 Å². The smallest absolute Gasteiger partial charge is 0.293 e. The third kappa shape index (κ3) is 4.10. The van der Waals surface area contributed by atoms with Crippen molar-refractivity contribution >= 4 is 40.6 Å². The number of hydrogen-bond donors (Lipinski definition) is 0. The highest BCUT2D eigenvalue weighted by Crippen LogP contribution is 2.34. The molecule has 2 aromatic rings. The van der Waals surface area contributed by atoms with Crippen LogP contribution in [0.15, 0.2) is 53.4 Å². The molecule has 2 amide bonds. The Morgan fingerprint density at radius 3 is 2.58 bits per heavy atom. The van der Waals surface area contributed by atoms with Crippen molar-refractivity contribution in [3.8, 4) is 18.1 Å². The maximum absolute atomic E-state index is 12.6. The van der Waals surface area contributed by atoms with Gasteiger partial charge >= 0.3 is 0 Å². The lowest BCUT2D eigenvalue weighted by atomic mass is 10.2. The number of carbonyl (C=O) groups excluding carboxylic acids is 2. The quantitative estimate of drug-likeness (QED) is 0.559. The fraction of sp³-hybridized carbons (Fsp3) is 0.100. The second-order valence-electron chi connectivity index (χ2n) is 5.42. The van der Waals surface area contributed by atoms with E-state index >= 15 is 0 Å². The molecule has 1 heterocycles. The summed E-state index contributed by atoms with van der Waals surface area (Å²) in [6.07, 6.45) is 6.83. The van der Waals surface area contributed by atoms with Gasteiger partial charge in [0, 0.05) is 5.02 Å². The average molecular weight is 384 g/mol. The minimum absolute atomic E-state index is 0.153. The first-order chi connectivity index (χ1) is 12.6. The fourth-order valence-electron chi connectivity index (χ4n) is 2.37. The zero-order valence-corrected chi connectivity index (χ0v) is 15.2. The number of benzene rings is 2. The number of carbonyl (C=O) groups is 2. The van der Waals surface area contributed by atoms with Gasteiger partial charge in [-0.1, -0.05) is 47.9 Å². The van der Waals surface area contributed by atoms with Gasteiger partial charge in [0.25, 0.3) is 11.1 Å². The second-order valence-corrected chi connectivity index (χ2v) is 6.82. The van der Waals surface area contributed by atoms with E-state index < -0.39 is 0 Å². The van der Waals surface area contributed by atoms with E-state index in [0.29, 0.717) is 15.7 Å². The van der Waals surface area contributed by atoms with Gasteiger partial charge in [0.15, 0.2) is 0 Å². The maximum Gasteiger partial charge on any atom is 0.293 e. The number of nitrogens with zero attached hydrogens (tertiary/aromatic N) is 1. The number of ether oxygens (including phenoxy) is 1. The van der Waals surface area contributed by atoms with E-state index in [1.165, 1.54) is 4.90 Å². The number of rotatable bonds is 5. The van der Waals surface area contributed by atoms with E-state index in [2.05, 4.69) is 5.92 Å². The number of thioether (sulfide) groups is 1. The van der Waals surface area contributed by atoms with Crippen LogP contribution >= 0.6 is 23.4 Å². The molecule has 0 unspecified atom stereocenters. The van der Waals surface area contributed by atoms with Gasteiger partial charge in [-0.15, -0.1) is 6.42 Å². The van der Waals surface area contributed by atoms with Gasteiger partial charge in [0.2, 0.25) is 0 Å². The largest absolute Gasteiger partial charge is 0.481 e. The van der Waals surface area contributed by atoms with Crippen LogP contribution in [0.25, 0.3) is 6.08 Å². The Labute approximate surface area is 160 Å². The minimum atomic E-state index is -0.326. The Hall–Kier alpha value is -2.68. The van der Waals surface area contributed by atoms with Gasteiger partial charge in [-0.25, -0.2) is 0 Å². The molecule has 2 aromatic carbocycles. The summed E-state index contributed by atoms with van der Waals surface area (Å²) in [7, 11) is 0. The van der Waals surface area contributed by atoms with E-state index in [9.17, 15) is 9.59 Å². The molecule has 1 fully saturated rings. The molecule has 4 nitrogen and oxygen atoms in total.